The Labute approximate surface area is 255 Å². The first kappa shape index (κ1) is 35.9. The van der Waals surface area contributed by atoms with Gasteiger partial charge in [0.15, 0.2) is 0 Å². The minimum Gasteiger partial charge on any atom is -0.481 e. The second-order valence-corrected chi connectivity index (χ2v) is 10.4. The van der Waals surface area contributed by atoms with Crippen molar-refractivity contribution in [2.45, 2.75) is 70.2 Å². The van der Waals surface area contributed by atoms with Gasteiger partial charge in [-0.1, -0.05) is 26.0 Å². The van der Waals surface area contributed by atoms with Crippen molar-refractivity contribution in [1.29, 1.82) is 0 Å². The van der Waals surface area contributed by atoms with Gasteiger partial charge < -0.3 is 46.7 Å². The molecule has 4 amide bonds. The summed E-state index contributed by atoms with van der Waals surface area (Å²) in [5, 5.41) is 37.3. The Morgan fingerprint density at radius 3 is 2.00 bits per heavy atom. The third kappa shape index (κ3) is 11.7. The first-order valence-electron chi connectivity index (χ1n) is 13.7. The molecule has 0 unspecified atom stereocenters. The fourth-order valence-corrected chi connectivity index (χ4v) is 4.06. The molecule has 1 aromatic heterocycles. The highest BCUT2D eigenvalue weighted by molar-refractivity contribution is 5.96. The zero-order valence-electron chi connectivity index (χ0n) is 24.4. The highest BCUT2D eigenvalue weighted by atomic mass is 16.4. The van der Waals surface area contributed by atoms with Crippen molar-refractivity contribution in [2.24, 2.45) is 11.7 Å². The lowest BCUT2D eigenvalue weighted by Crippen LogP contribution is -2.59. The zero-order chi connectivity index (χ0) is 33.8. The summed E-state index contributed by atoms with van der Waals surface area (Å²) in [5.74, 6) is -8.59. The van der Waals surface area contributed by atoms with Gasteiger partial charge in [0, 0.05) is 24.4 Å². The van der Waals surface area contributed by atoms with Crippen molar-refractivity contribution in [2.75, 3.05) is 0 Å². The molecule has 0 saturated carbocycles. The Bertz CT molecular complexity index is 1500. The van der Waals surface area contributed by atoms with Gasteiger partial charge in [-0.05, 0) is 30.0 Å². The molecule has 9 N–H and O–H groups in total. The molecule has 0 radical (unpaired) electrons. The lowest BCUT2D eigenvalue weighted by Gasteiger charge is -2.27. The largest absolute Gasteiger partial charge is 0.481 e. The van der Waals surface area contributed by atoms with E-state index in [1.54, 1.807) is 18.2 Å². The first-order chi connectivity index (χ1) is 21.1. The summed E-state index contributed by atoms with van der Waals surface area (Å²) in [6.45, 7) is 2.95. The number of carbonyl (C=O) groups excluding carboxylic acids is 4. The summed E-state index contributed by atoms with van der Waals surface area (Å²) in [7, 11) is 0. The third-order valence-corrected chi connectivity index (χ3v) is 6.42. The molecule has 0 bridgehead atoms. The Morgan fingerprint density at radius 2 is 1.40 bits per heavy atom. The van der Waals surface area contributed by atoms with Crippen molar-refractivity contribution < 1.29 is 53.3 Å². The lowest BCUT2D eigenvalue weighted by atomic mass is 10.0. The van der Waals surface area contributed by atoms with E-state index in [1.807, 2.05) is 0 Å². The van der Waals surface area contributed by atoms with E-state index in [9.17, 15) is 43.5 Å². The molecule has 2 rings (SSSR count). The van der Waals surface area contributed by atoms with E-state index in [4.69, 9.17) is 20.4 Å². The number of aliphatic carboxylic acids is 3. The summed E-state index contributed by atoms with van der Waals surface area (Å²) in [6, 6.07) is 1.60. The van der Waals surface area contributed by atoms with E-state index in [1.165, 1.54) is 26.0 Å². The molecule has 0 aliphatic rings. The smallest absolute Gasteiger partial charge is 0.336 e. The van der Waals surface area contributed by atoms with Crippen LogP contribution in [-0.2, 0) is 40.1 Å². The molecule has 45 heavy (non-hydrogen) atoms. The number of carboxylic acids is 3. The van der Waals surface area contributed by atoms with Crippen LogP contribution < -0.4 is 32.6 Å². The standard InChI is InChI=1S/C28H35N5O12/c1-13(2)24(33-27(43)17(6-7-20(34)35)31-25(41)16(29)10-21(36)37)28(44)32-18(11-22(38)39)26(42)30-12-14-3-4-15-5-8-23(40)45-19(15)9-14/h3-5,8-9,13,16-18,24H,6-7,10-12,29H2,1-2H3,(H,30,42)(H,31,41)(H,32,44)(H,33,43)(H,34,35)(H,36,37)(H,38,39)/t16-,17-,18-,24-/m0/s1. The first-order valence-corrected chi connectivity index (χ1v) is 13.7. The van der Waals surface area contributed by atoms with Crippen LogP contribution in [0.1, 0.15) is 45.1 Å². The van der Waals surface area contributed by atoms with E-state index in [-0.39, 0.29) is 12.1 Å². The maximum atomic E-state index is 13.2. The molecule has 17 heteroatoms. The van der Waals surface area contributed by atoms with E-state index >= 15 is 0 Å². The Hall–Kier alpha value is -5.32. The minimum atomic E-state index is -1.58. The van der Waals surface area contributed by atoms with Gasteiger partial charge in [-0.3, -0.25) is 33.6 Å². The lowest BCUT2D eigenvalue weighted by molar-refractivity contribution is -0.142. The summed E-state index contributed by atoms with van der Waals surface area (Å²) >= 11 is 0. The molecule has 0 spiro atoms. The van der Waals surface area contributed by atoms with E-state index < -0.39 is 103 Å². The summed E-state index contributed by atoms with van der Waals surface area (Å²) in [4.78, 5) is 96.5. The third-order valence-electron chi connectivity index (χ3n) is 6.42. The molecule has 1 aromatic carbocycles. The predicted molar refractivity (Wildman–Crippen MR) is 154 cm³/mol. The van der Waals surface area contributed by atoms with Gasteiger partial charge in [0.05, 0.1) is 18.9 Å². The van der Waals surface area contributed by atoms with Gasteiger partial charge in [0.2, 0.25) is 23.6 Å². The summed E-state index contributed by atoms with van der Waals surface area (Å²) < 4.78 is 5.11. The normalized spacial score (nSPS) is 13.6. The molecule has 0 saturated heterocycles. The molecule has 17 nitrogen and oxygen atoms in total. The van der Waals surface area contributed by atoms with Crippen LogP contribution in [0.15, 0.2) is 39.5 Å². The highest BCUT2D eigenvalue weighted by Crippen LogP contribution is 2.14. The van der Waals surface area contributed by atoms with Crippen LogP contribution in [0, 0.1) is 5.92 Å². The van der Waals surface area contributed by atoms with Gasteiger partial charge in [0.1, 0.15) is 23.7 Å². The van der Waals surface area contributed by atoms with E-state index in [0.717, 1.165) is 0 Å². The summed E-state index contributed by atoms with van der Waals surface area (Å²) in [5.41, 5.74) is 5.73. The molecule has 0 aliphatic heterocycles. The zero-order valence-corrected chi connectivity index (χ0v) is 24.4. The fraction of sp³-hybridized carbons (Fsp3) is 0.429. The molecule has 2 aromatic rings. The number of hydrogen-bond donors (Lipinski definition) is 8. The number of benzene rings is 1. The Balaban J connectivity index is 2.16. The number of rotatable bonds is 17. The number of hydrogen-bond acceptors (Lipinski definition) is 10. The quantitative estimate of drug-likeness (QED) is 0.0938. The van der Waals surface area contributed by atoms with Gasteiger partial charge in [-0.2, -0.15) is 0 Å². The number of fused-ring (bicyclic) bond motifs is 1. The molecular weight excluding hydrogens is 598 g/mol. The van der Waals surface area contributed by atoms with Crippen molar-refractivity contribution in [1.82, 2.24) is 21.3 Å². The maximum Gasteiger partial charge on any atom is 0.336 e. The molecule has 0 aliphatic carbocycles. The average Bonchev–Trinajstić information content (AvgIpc) is 2.94. The predicted octanol–water partition coefficient (Wildman–Crippen LogP) is -1.34. The van der Waals surface area contributed by atoms with Gasteiger partial charge in [-0.15, -0.1) is 0 Å². The number of nitrogens with two attached hydrogens (primary N) is 1. The molecule has 0 fully saturated rings. The Morgan fingerprint density at radius 1 is 0.778 bits per heavy atom. The van der Waals surface area contributed by atoms with Crippen LogP contribution in [0.5, 0.6) is 0 Å². The second kappa shape index (κ2) is 16.5. The van der Waals surface area contributed by atoms with Crippen LogP contribution in [0.3, 0.4) is 0 Å². The number of nitrogens with one attached hydrogen (secondary N) is 4. The number of amides is 4. The molecule has 4 atom stereocenters. The number of carbonyl (C=O) groups is 7. The van der Waals surface area contributed by atoms with Crippen LogP contribution in [0.25, 0.3) is 11.0 Å². The van der Waals surface area contributed by atoms with Gasteiger partial charge in [0.25, 0.3) is 0 Å². The van der Waals surface area contributed by atoms with Gasteiger partial charge in [-0.25, -0.2) is 4.79 Å². The maximum absolute atomic E-state index is 13.2. The topological polar surface area (TPSA) is 285 Å². The second-order valence-electron chi connectivity index (χ2n) is 10.4. The van der Waals surface area contributed by atoms with Crippen molar-refractivity contribution in [3.05, 3.63) is 46.3 Å². The fourth-order valence-electron chi connectivity index (χ4n) is 4.06. The number of carboxylic acid groups (broad SMARTS) is 3. The van der Waals surface area contributed by atoms with Crippen LogP contribution >= 0.6 is 0 Å². The molecule has 244 valence electrons. The van der Waals surface area contributed by atoms with Crippen molar-refractivity contribution in [3.8, 4) is 0 Å². The SMILES string of the molecule is CC(C)[C@H](NC(=O)[C@H](CCC(=O)O)NC(=O)[C@@H](N)CC(=O)O)C(=O)N[C@@H](CC(=O)O)C(=O)NCc1ccc2ccc(=O)oc2c1. The van der Waals surface area contributed by atoms with E-state index in [0.29, 0.717) is 10.9 Å². The summed E-state index contributed by atoms with van der Waals surface area (Å²) in [6.07, 6.45) is -2.58. The van der Waals surface area contributed by atoms with Crippen LogP contribution in [0.4, 0.5) is 0 Å². The van der Waals surface area contributed by atoms with Crippen molar-refractivity contribution >= 4 is 52.5 Å². The van der Waals surface area contributed by atoms with Crippen LogP contribution in [-0.4, -0.2) is 81.0 Å². The molecule has 1 heterocycles. The average molecular weight is 634 g/mol. The highest BCUT2D eigenvalue weighted by Gasteiger charge is 2.33. The monoisotopic (exact) mass is 633 g/mol. The van der Waals surface area contributed by atoms with Crippen molar-refractivity contribution in [3.63, 3.8) is 0 Å². The molecular formula is C28H35N5O12. The van der Waals surface area contributed by atoms with Crippen LogP contribution in [0.2, 0.25) is 0 Å². The van der Waals surface area contributed by atoms with E-state index in [2.05, 4.69) is 21.3 Å². The minimum absolute atomic E-state index is 0.112. The Kier molecular flexibility index (Phi) is 13.2. The van der Waals surface area contributed by atoms with Gasteiger partial charge >= 0.3 is 23.5 Å².